The van der Waals surface area contributed by atoms with Gasteiger partial charge < -0.3 is 5.11 Å². The summed E-state index contributed by atoms with van der Waals surface area (Å²) in [5.74, 6) is -0.725. The smallest absolute Gasteiger partial charge is 0.303 e. The molecule has 4 nitrogen and oxygen atoms in total. The summed E-state index contributed by atoms with van der Waals surface area (Å²) in [6.45, 7) is 0.632. The van der Waals surface area contributed by atoms with Crippen LogP contribution >= 0.6 is 0 Å². The number of carboxylic acids is 1. The van der Waals surface area contributed by atoms with E-state index in [0.29, 0.717) is 13.0 Å². The van der Waals surface area contributed by atoms with Crippen molar-refractivity contribution in [2.75, 3.05) is 6.61 Å². The molecule has 0 aromatic heterocycles. The lowest BCUT2D eigenvalue weighted by molar-refractivity contribution is -0.331. The monoisotopic (exact) mass is 304 g/mol. The second-order valence-corrected chi connectivity index (χ2v) is 6.55. The van der Waals surface area contributed by atoms with Crippen LogP contribution < -0.4 is 0 Å². The van der Waals surface area contributed by atoms with E-state index in [1.807, 2.05) is 6.07 Å². The van der Waals surface area contributed by atoms with Gasteiger partial charge in [-0.3, -0.25) is 4.79 Å². The van der Waals surface area contributed by atoms with Gasteiger partial charge in [-0.15, -0.1) is 0 Å². The van der Waals surface area contributed by atoms with Gasteiger partial charge in [0.05, 0.1) is 6.61 Å². The van der Waals surface area contributed by atoms with Gasteiger partial charge in [0, 0.05) is 18.3 Å². The summed E-state index contributed by atoms with van der Waals surface area (Å²) >= 11 is 0. The first-order valence-corrected chi connectivity index (χ1v) is 8.27. The lowest BCUT2D eigenvalue weighted by Gasteiger charge is -2.50. The minimum Gasteiger partial charge on any atom is -0.481 e. The Morgan fingerprint density at radius 1 is 1.14 bits per heavy atom. The Kier molecular flexibility index (Phi) is 4.50. The van der Waals surface area contributed by atoms with E-state index < -0.39 is 5.97 Å². The first kappa shape index (κ1) is 15.5. The zero-order valence-corrected chi connectivity index (χ0v) is 12.9. The maximum absolute atomic E-state index is 10.9. The Balaban J connectivity index is 1.95. The number of carboxylic acid groups (broad SMARTS) is 1. The van der Waals surface area contributed by atoms with E-state index in [-0.39, 0.29) is 17.4 Å². The van der Waals surface area contributed by atoms with Crippen molar-refractivity contribution in [3.63, 3.8) is 0 Å². The molecule has 1 heterocycles. The molecule has 1 aliphatic heterocycles. The van der Waals surface area contributed by atoms with Crippen molar-refractivity contribution in [3.8, 4) is 0 Å². The fraction of sp³-hybridized carbons (Fsp3) is 0.611. The highest BCUT2D eigenvalue weighted by molar-refractivity contribution is 5.66. The van der Waals surface area contributed by atoms with Gasteiger partial charge in [0.25, 0.3) is 0 Å². The van der Waals surface area contributed by atoms with Crippen LogP contribution in [0.3, 0.4) is 0 Å². The summed E-state index contributed by atoms with van der Waals surface area (Å²) in [5.41, 5.74) is 0.856. The molecular formula is C18H24O4. The highest BCUT2D eigenvalue weighted by Crippen LogP contribution is 2.55. The molecule has 1 aromatic carbocycles. The number of hydrogen-bond acceptors (Lipinski definition) is 3. The third kappa shape index (κ3) is 2.66. The fourth-order valence-electron chi connectivity index (χ4n) is 4.40. The number of benzene rings is 1. The SMILES string of the molecule is O=C(O)CCCC1(c2ccccc2)CCCCC12CCOO2. The number of carbonyl (C=O) groups is 1. The highest BCUT2D eigenvalue weighted by atomic mass is 17.2. The third-order valence-corrected chi connectivity index (χ3v) is 5.43. The average molecular weight is 304 g/mol. The molecule has 1 saturated carbocycles. The number of aliphatic carboxylic acids is 1. The standard InChI is InChI=1S/C18H24O4/c19-16(20)9-6-11-17(15-7-2-1-3-8-15)10-4-5-12-18(17)13-14-21-22-18/h1-3,7-8H,4-6,9-14H2,(H,19,20). The molecule has 3 rings (SSSR count). The van der Waals surface area contributed by atoms with E-state index in [9.17, 15) is 4.79 Å². The van der Waals surface area contributed by atoms with Crippen LogP contribution in [0.4, 0.5) is 0 Å². The van der Waals surface area contributed by atoms with Gasteiger partial charge in [-0.25, -0.2) is 9.78 Å². The van der Waals surface area contributed by atoms with Crippen LogP contribution in [-0.2, 0) is 20.0 Å². The van der Waals surface area contributed by atoms with Crippen LogP contribution in [0.2, 0.25) is 0 Å². The van der Waals surface area contributed by atoms with Crippen molar-refractivity contribution in [3.05, 3.63) is 35.9 Å². The number of rotatable bonds is 5. The topological polar surface area (TPSA) is 55.8 Å². The minimum absolute atomic E-state index is 0.127. The van der Waals surface area contributed by atoms with Crippen LogP contribution in [0.25, 0.3) is 0 Å². The zero-order valence-electron chi connectivity index (χ0n) is 12.9. The summed E-state index contributed by atoms with van der Waals surface area (Å²) in [6.07, 6.45) is 6.97. The molecule has 2 aliphatic rings. The van der Waals surface area contributed by atoms with Crippen LogP contribution in [0.5, 0.6) is 0 Å². The lowest BCUT2D eigenvalue weighted by atomic mass is 9.56. The van der Waals surface area contributed by atoms with E-state index >= 15 is 0 Å². The molecule has 22 heavy (non-hydrogen) atoms. The summed E-state index contributed by atoms with van der Waals surface area (Å²) in [7, 11) is 0. The molecule has 1 aliphatic carbocycles. The van der Waals surface area contributed by atoms with Crippen molar-refractivity contribution < 1.29 is 19.7 Å². The summed E-state index contributed by atoms with van der Waals surface area (Å²) in [4.78, 5) is 22.1. The van der Waals surface area contributed by atoms with E-state index in [2.05, 4.69) is 24.3 Å². The number of hydrogen-bond donors (Lipinski definition) is 1. The van der Waals surface area contributed by atoms with Crippen LogP contribution in [0.1, 0.15) is 56.9 Å². The average Bonchev–Trinajstić information content (AvgIpc) is 3.00. The molecule has 0 amide bonds. The molecule has 2 fully saturated rings. The molecule has 4 heteroatoms. The highest BCUT2D eigenvalue weighted by Gasteiger charge is 2.57. The van der Waals surface area contributed by atoms with Crippen molar-refractivity contribution in [1.82, 2.24) is 0 Å². The molecule has 0 radical (unpaired) electrons. The third-order valence-electron chi connectivity index (χ3n) is 5.43. The molecule has 2 unspecified atom stereocenters. The summed E-state index contributed by atoms with van der Waals surface area (Å²) in [6, 6.07) is 10.5. The Bertz CT molecular complexity index is 507. The van der Waals surface area contributed by atoms with Gasteiger partial charge in [-0.1, -0.05) is 43.2 Å². The second kappa shape index (κ2) is 6.39. The Morgan fingerprint density at radius 2 is 1.91 bits per heavy atom. The van der Waals surface area contributed by atoms with Crippen LogP contribution in [0, 0.1) is 0 Å². The molecule has 0 bridgehead atoms. The van der Waals surface area contributed by atoms with Gasteiger partial charge in [-0.2, -0.15) is 0 Å². The summed E-state index contributed by atoms with van der Waals surface area (Å²) in [5, 5.41) is 9.00. The lowest BCUT2D eigenvalue weighted by Crippen LogP contribution is -2.53. The normalized spacial score (nSPS) is 31.5. The van der Waals surface area contributed by atoms with E-state index in [1.54, 1.807) is 0 Å². The minimum atomic E-state index is -0.725. The van der Waals surface area contributed by atoms with Crippen LogP contribution in [-0.4, -0.2) is 23.3 Å². The molecule has 1 aromatic rings. The first-order chi connectivity index (χ1) is 10.7. The van der Waals surface area contributed by atoms with Gasteiger partial charge >= 0.3 is 5.97 Å². The van der Waals surface area contributed by atoms with Crippen molar-refractivity contribution in [2.45, 2.75) is 62.4 Å². The second-order valence-electron chi connectivity index (χ2n) is 6.55. The van der Waals surface area contributed by atoms with Crippen molar-refractivity contribution >= 4 is 5.97 Å². The zero-order chi connectivity index (χ0) is 15.5. The molecular weight excluding hydrogens is 280 g/mol. The molecule has 120 valence electrons. The fourth-order valence-corrected chi connectivity index (χ4v) is 4.40. The predicted molar refractivity (Wildman–Crippen MR) is 82.5 cm³/mol. The van der Waals surface area contributed by atoms with Gasteiger partial charge in [-0.05, 0) is 31.2 Å². The largest absolute Gasteiger partial charge is 0.481 e. The van der Waals surface area contributed by atoms with E-state index in [0.717, 1.165) is 38.5 Å². The van der Waals surface area contributed by atoms with Crippen molar-refractivity contribution in [1.29, 1.82) is 0 Å². The quantitative estimate of drug-likeness (QED) is 0.840. The summed E-state index contributed by atoms with van der Waals surface area (Å²) < 4.78 is 0. The molecule has 2 atom stereocenters. The molecule has 1 spiro atoms. The first-order valence-electron chi connectivity index (χ1n) is 8.27. The predicted octanol–water partition coefficient (Wildman–Crippen LogP) is 3.84. The van der Waals surface area contributed by atoms with Gasteiger partial charge in [0.1, 0.15) is 5.60 Å². The molecule has 1 N–H and O–H groups in total. The Morgan fingerprint density at radius 3 is 2.59 bits per heavy atom. The maximum atomic E-state index is 10.9. The van der Waals surface area contributed by atoms with Gasteiger partial charge in [0.2, 0.25) is 0 Å². The maximum Gasteiger partial charge on any atom is 0.303 e. The Hall–Kier alpha value is -1.39. The van der Waals surface area contributed by atoms with E-state index in [4.69, 9.17) is 14.9 Å². The van der Waals surface area contributed by atoms with Crippen molar-refractivity contribution in [2.24, 2.45) is 0 Å². The van der Waals surface area contributed by atoms with Crippen LogP contribution in [0.15, 0.2) is 30.3 Å². The van der Waals surface area contributed by atoms with Gasteiger partial charge in [0.15, 0.2) is 0 Å². The molecule has 1 saturated heterocycles. The Labute approximate surface area is 131 Å². The van der Waals surface area contributed by atoms with E-state index in [1.165, 1.54) is 5.56 Å².